The summed E-state index contributed by atoms with van der Waals surface area (Å²) < 4.78 is 5.14. The van der Waals surface area contributed by atoms with Gasteiger partial charge in [0.1, 0.15) is 6.04 Å². The number of aliphatic carboxylic acids is 1. The van der Waals surface area contributed by atoms with Gasteiger partial charge in [0.15, 0.2) is 0 Å². The molecule has 2 aromatic heterocycles. The minimum atomic E-state index is -0.849. The van der Waals surface area contributed by atoms with E-state index in [1.165, 1.54) is 0 Å². The Hall–Kier alpha value is -1.73. The second-order valence-electron chi connectivity index (χ2n) is 4.11. The van der Waals surface area contributed by atoms with Crippen LogP contribution >= 0.6 is 11.3 Å². The number of nitrogens with one attached hydrogen (secondary N) is 1. The molecule has 0 bridgehead atoms. The highest BCUT2D eigenvalue weighted by Crippen LogP contribution is 2.21. The fraction of sp³-hybridized carbons (Fsp3) is 0.417. The van der Waals surface area contributed by atoms with Gasteiger partial charge in [0.05, 0.1) is 4.88 Å². The molecule has 0 aliphatic carbocycles. The summed E-state index contributed by atoms with van der Waals surface area (Å²) in [4.78, 5) is 15.9. The molecule has 0 fully saturated rings. The van der Waals surface area contributed by atoms with E-state index >= 15 is 0 Å². The van der Waals surface area contributed by atoms with Crippen molar-refractivity contribution in [1.29, 1.82) is 0 Å². The van der Waals surface area contributed by atoms with Crippen molar-refractivity contribution >= 4 is 17.3 Å². The molecule has 7 heteroatoms. The Kier molecular flexibility index (Phi) is 4.64. The fourth-order valence-electron chi connectivity index (χ4n) is 1.51. The lowest BCUT2D eigenvalue weighted by Crippen LogP contribution is -2.34. The number of thiophene rings is 1. The number of carboxylic acid groups (broad SMARTS) is 1. The Balaban J connectivity index is 1.77. The van der Waals surface area contributed by atoms with Crippen LogP contribution in [0.5, 0.6) is 0 Å². The van der Waals surface area contributed by atoms with Gasteiger partial charge in [-0.1, -0.05) is 11.2 Å². The highest BCUT2D eigenvalue weighted by atomic mass is 32.1. The van der Waals surface area contributed by atoms with Crippen molar-refractivity contribution in [2.75, 3.05) is 6.54 Å². The van der Waals surface area contributed by atoms with E-state index in [1.807, 2.05) is 17.5 Å². The molecule has 0 spiro atoms. The van der Waals surface area contributed by atoms with Crippen molar-refractivity contribution in [3.8, 4) is 10.7 Å². The number of nitrogens with zero attached hydrogens (tertiary/aromatic N) is 2. The van der Waals surface area contributed by atoms with Crippen molar-refractivity contribution in [3.63, 3.8) is 0 Å². The first-order valence-corrected chi connectivity index (χ1v) is 6.87. The molecule has 2 rings (SSSR count). The molecule has 6 nitrogen and oxygen atoms in total. The van der Waals surface area contributed by atoms with E-state index in [-0.39, 0.29) is 0 Å². The summed E-state index contributed by atoms with van der Waals surface area (Å²) in [5.74, 6) is 0.336. The Morgan fingerprint density at radius 2 is 2.47 bits per heavy atom. The molecular weight excluding hydrogens is 266 g/mol. The highest BCUT2D eigenvalue weighted by molar-refractivity contribution is 7.13. The molecule has 2 aromatic rings. The highest BCUT2D eigenvalue weighted by Gasteiger charge is 2.11. The Bertz CT molecular complexity index is 524. The lowest BCUT2D eigenvalue weighted by Gasteiger charge is -2.07. The summed E-state index contributed by atoms with van der Waals surface area (Å²) in [5, 5.41) is 17.5. The maximum Gasteiger partial charge on any atom is 0.320 e. The third kappa shape index (κ3) is 3.87. The molecule has 0 unspecified atom stereocenters. The van der Waals surface area contributed by atoms with Crippen molar-refractivity contribution in [2.45, 2.75) is 25.8 Å². The molecule has 2 N–H and O–H groups in total. The number of carbonyl (C=O) groups is 1. The van der Waals surface area contributed by atoms with Gasteiger partial charge in [-0.15, -0.1) is 11.3 Å². The predicted octanol–water partition coefficient (Wildman–Crippen LogP) is 1.79. The smallest absolute Gasteiger partial charge is 0.320 e. The van der Waals surface area contributed by atoms with Gasteiger partial charge in [0.2, 0.25) is 11.7 Å². The van der Waals surface area contributed by atoms with E-state index in [1.54, 1.807) is 18.3 Å². The maximum absolute atomic E-state index is 10.6. The number of hydrogen-bond acceptors (Lipinski definition) is 6. The van der Waals surface area contributed by atoms with E-state index in [0.717, 1.165) is 11.3 Å². The summed E-state index contributed by atoms with van der Waals surface area (Å²) in [6.07, 6.45) is 1.39. The molecule has 0 aliphatic heterocycles. The summed E-state index contributed by atoms with van der Waals surface area (Å²) in [6.45, 7) is 2.22. The number of rotatable bonds is 7. The first-order chi connectivity index (χ1) is 9.16. The van der Waals surface area contributed by atoms with E-state index in [0.29, 0.717) is 24.7 Å². The van der Waals surface area contributed by atoms with Crippen LogP contribution in [0.2, 0.25) is 0 Å². The third-order valence-electron chi connectivity index (χ3n) is 2.60. The van der Waals surface area contributed by atoms with Crippen LogP contribution in [0.1, 0.15) is 19.2 Å². The second-order valence-corrected chi connectivity index (χ2v) is 5.05. The average molecular weight is 281 g/mol. The standard InChI is InChI=1S/C12H15N3O3S/c1-8(12(16)17)13-6-2-5-10-14-11(15-18-10)9-4-3-7-19-9/h3-4,7-8,13H,2,5-6H2,1H3,(H,16,17)/t8-/m1/s1. The van der Waals surface area contributed by atoms with Crippen LogP contribution in [0.4, 0.5) is 0 Å². The van der Waals surface area contributed by atoms with Gasteiger partial charge < -0.3 is 14.9 Å². The first-order valence-electron chi connectivity index (χ1n) is 5.99. The van der Waals surface area contributed by atoms with Gasteiger partial charge in [0.25, 0.3) is 0 Å². The molecule has 0 amide bonds. The predicted molar refractivity (Wildman–Crippen MR) is 71.0 cm³/mol. The molecule has 0 aliphatic rings. The van der Waals surface area contributed by atoms with Gasteiger partial charge in [0, 0.05) is 6.42 Å². The molecule has 102 valence electrons. The van der Waals surface area contributed by atoms with E-state index in [2.05, 4.69) is 15.5 Å². The van der Waals surface area contributed by atoms with Gasteiger partial charge in [-0.3, -0.25) is 4.79 Å². The molecule has 0 radical (unpaired) electrons. The zero-order chi connectivity index (χ0) is 13.7. The minimum absolute atomic E-state index is 0.538. The van der Waals surface area contributed by atoms with E-state index < -0.39 is 12.0 Å². The van der Waals surface area contributed by atoms with Gasteiger partial charge in [-0.25, -0.2) is 0 Å². The molecule has 0 saturated carbocycles. The minimum Gasteiger partial charge on any atom is -0.480 e. The van der Waals surface area contributed by atoms with E-state index in [4.69, 9.17) is 9.63 Å². The summed E-state index contributed by atoms with van der Waals surface area (Å²) >= 11 is 1.56. The van der Waals surface area contributed by atoms with Crippen LogP contribution < -0.4 is 5.32 Å². The molecule has 2 heterocycles. The normalized spacial score (nSPS) is 12.5. The Labute approximate surface area is 114 Å². The number of hydrogen-bond donors (Lipinski definition) is 2. The SMILES string of the molecule is C[C@@H](NCCCc1nc(-c2cccs2)no1)C(=O)O. The molecule has 0 aromatic carbocycles. The fourth-order valence-corrected chi connectivity index (χ4v) is 2.16. The van der Waals surface area contributed by atoms with Gasteiger partial charge in [-0.2, -0.15) is 4.98 Å². The molecule has 0 saturated heterocycles. The topological polar surface area (TPSA) is 88.3 Å². The number of aryl methyl sites for hydroxylation is 1. The third-order valence-corrected chi connectivity index (χ3v) is 3.46. The Morgan fingerprint density at radius 3 is 3.16 bits per heavy atom. The first kappa shape index (κ1) is 13.7. The van der Waals surface area contributed by atoms with Crippen molar-refractivity contribution in [1.82, 2.24) is 15.5 Å². The molecule has 19 heavy (non-hydrogen) atoms. The maximum atomic E-state index is 10.6. The average Bonchev–Trinajstić information content (AvgIpc) is 3.04. The van der Waals surface area contributed by atoms with Crippen LogP contribution in [-0.2, 0) is 11.2 Å². The quantitative estimate of drug-likeness (QED) is 0.752. The molecular formula is C12H15N3O3S. The van der Waals surface area contributed by atoms with Gasteiger partial charge >= 0.3 is 5.97 Å². The van der Waals surface area contributed by atoms with Crippen LogP contribution in [-0.4, -0.2) is 33.8 Å². The number of aromatic nitrogens is 2. The molecule has 1 atom stereocenters. The summed E-state index contributed by atoms with van der Waals surface area (Å²) in [7, 11) is 0. The van der Waals surface area contributed by atoms with Crippen LogP contribution in [0.15, 0.2) is 22.0 Å². The summed E-state index contributed by atoms with van der Waals surface area (Å²) in [6, 6.07) is 3.34. The van der Waals surface area contributed by atoms with Crippen LogP contribution in [0, 0.1) is 0 Å². The monoisotopic (exact) mass is 281 g/mol. The van der Waals surface area contributed by atoms with E-state index in [9.17, 15) is 4.79 Å². The summed E-state index contributed by atoms with van der Waals surface area (Å²) in [5.41, 5.74) is 0. The zero-order valence-electron chi connectivity index (χ0n) is 10.5. The van der Waals surface area contributed by atoms with Crippen molar-refractivity contribution in [2.24, 2.45) is 0 Å². The second kappa shape index (κ2) is 6.44. The lowest BCUT2D eigenvalue weighted by molar-refractivity contribution is -0.138. The van der Waals surface area contributed by atoms with Crippen molar-refractivity contribution < 1.29 is 14.4 Å². The van der Waals surface area contributed by atoms with Crippen molar-refractivity contribution in [3.05, 3.63) is 23.4 Å². The van der Waals surface area contributed by atoms with Gasteiger partial charge in [-0.05, 0) is 31.3 Å². The number of carboxylic acids is 1. The zero-order valence-corrected chi connectivity index (χ0v) is 11.3. The Morgan fingerprint density at radius 1 is 1.63 bits per heavy atom. The lowest BCUT2D eigenvalue weighted by atomic mass is 10.3. The van der Waals surface area contributed by atoms with Crippen LogP contribution in [0.25, 0.3) is 10.7 Å². The largest absolute Gasteiger partial charge is 0.480 e. The van der Waals surface area contributed by atoms with Crippen LogP contribution in [0.3, 0.4) is 0 Å².